The van der Waals surface area contributed by atoms with E-state index in [0.29, 0.717) is 34.9 Å². The van der Waals surface area contributed by atoms with E-state index in [9.17, 15) is 13.6 Å². The van der Waals surface area contributed by atoms with Crippen LogP contribution in [0.2, 0.25) is 0 Å². The van der Waals surface area contributed by atoms with Crippen LogP contribution in [0.1, 0.15) is 35.9 Å². The molecule has 0 aromatic heterocycles. The van der Waals surface area contributed by atoms with Gasteiger partial charge in [-0.05, 0) is 55.0 Å². The zero-order valence-electron chi connectivity index (χ0n) is 18.8. The molecule has 1 heterocycles. The fraction of sp³-hybridized carbons (Fsp3) is 0.222. The van der Waals surface area contributed by atoms with Gasteiger partial charge in [0, 0.05) is 34.7 Å². The predicted octanol–water partition coefficient (Wildman–Crippen LogP) is 5.96. The number of ether oxygens (including phenoxy) is 2. The Balaban J connectivity index is 1.64. The second-order valence-corrected chi connectivity index (χ2v) is 8.44. The van der Waals surface area contributed by atoms with E-state index < -0.39 is 17.7 Å². The highest BCUT2D eigenvalue weighted by Gasteiger charge is 2.38. The Hall–Kier alpha value is -3.87. The summed E-state index contributed by atoms with van der Waals surface area (Å²) >= 11 is 0. The number of benzene rings is 3. The van der Waals surface area contributed by atoms with Crippen LogP contribution in [0.4, 0.5) is 20.2 Å². The molecule has 2 N–H and O–H groups in total. The van der Waals surface area contributed by atoms with E-state index in [1.807, 2.05) is 42.5 Å². The molecule has 5 rings (SSSR count). The molecular weight excluding hydrogens is 438 g/mol. The van der Waals surface area contributed by atoms with E-state index in [2.05, 4.69) is 10.6 Å². The Morgan fingerprint density at radius 1 is 0.882 bits per heavy atom. The number of carbonyl (C=O) groups excluding carboxylic acids is 1. The van der Waals surface area contributed by atoms with Crippen LogP contribution in [0.25, 0.3) is 0 Å². The number of ketones is 1. The molecule has 7 heteroatoms. The van der Waals surface area contributed by atoms with Crippen molar-refractivity contribution in [2.45, 2.75) is 24.8 Å². The zero-order chi connectivity index (χ0) is 23.8. The molecule has 2 unspecified atom stereocenters. The molecule has 5 nitrogen and oxygen atoms in total. The number of hydrogen-bond donors (Lipinski definition) is 2. The monoisotopic (exact) mass is 462 g/mol. The van der Waals surface area contributed by atoms with Gasteiger partial charge in [-0.1, -0.05) is 12.1 Å². The van der Waals surface area contributed by atoms with E-state index in [-0.39, 0.29) is 23.7 Å². The molecule has 0 bridgehead atoms. The van der Waals surface area contributed by atoms with Crippen LogP contribution in [0.5, 0.6) is 11.5 Å². The maximum absolute atomic E-state index is 14.9. The van der Waals surface area contributed by atoms with Crippen molar-refractivity contribution in [2.24, 2.45) is 0 Å². The summed E-state index contributed by atoms with van der Waals surface area (Å²) in [4.78, 5) is 13.6. The lowest BCUT2D eigenvalue weighted by molar-refractivity contribution is -0.116. The van der Waals surface area contributed by atoms with Gasteiger partial charge in [0.2, 0.25) is 0 Å². The average molecular weight is 462 g/mol. The Morgan fingerprint density at radius 2 is 1.68 bits per heavy atom. The fourth-order valence-corrected chi connectivity index (χ4v) is 4.84. The molecule has 2 atom stereocenters. The first-order valence-corrected chi connectivity index (χ1v) is 11.0. The fourth-order valence-electron chi connectivity index (χ4n) is 4.84. The van der Waals surface area contributed by atoms with E-state index in [1.54, 1.807) is 14.2 Å². The molecule has 0 amide bonds. The molecule has 174 valence electrons. The first kappa shape index (κ1) is 21.9. The van der Waals surface area contributed by atoms with Crippen LogP contribution in [0, 0.1) is 11.6 Å². The number of Topliss-reactive ketones (excluding diaryl/α,β-unsaturated/α-hetero) is 1. The molecule has 34 heavy (non-hydrogen) atoms. The van der Waals surface area contributed by atoms with Crippen LogP contribution >= 0.6 is 0 Å². The number of para-hydroxylation sites is 2. The number of fused-ring (bicyclic) bond motifs is 1. The van der Waals surface area contributed by atoms with Gasteiger partial charge < -0.3 is 20.1 Å². The zero-order valence-corrected chi connectivity index (χ0v) is 18.8. The summed E-state index contributed by atoms with van der Waals surface area (Å²) in [5.41, 5.74) is 3.52. The molecule has 0 fully saturated rings. The summed E-state index contributed by atoms with van der Waals surface area (Å²) in [5.74, 6) is -0.113. The van der Waals surface area contributed by atoms with Gasteiger partial charge in [0.25, 0.3) is 0 Å². The Labute approximate surface area is 196 Å². The smallest absolute Gasteiger partial charge is 0.163 e. The summed E-state index contributed by atoms with van der Waals surface area (Å²) in [5, 5.41) is 6.68. The summed E-state index contributed by atoms with van der Waals surface area (Å²) in [6.45, 7) is 0. The van der Waals surface area contributed by atoms with Crippen LogP contribution in [-0.2, 0) is 4.79 Å². The molecule has 3 aromatic rings. The normalized spacial score (nSPS) is 19.4. The maximum Gasteiger partial charge on any atom is 0.163 e. The van der Waals surface area contributed by atoms with Crippen molar-refractivity contribution in [1.82, 2.24) is 0 Å². The van der Waals surface area contributed by atoms with E-state index >= 15 is 0 Å². The number of methoxy groups -OCH3 is 2. The van der Waals surface area contributed by atoms with Crippen molar-refractivity contribution in [3.8, 4) is 11.5 Å². The van der Waals surface area contributed by atoms with E-state index in [1.165, 1.54) is 0 Å². The van der Waals surface area contributed by atoms with Gasteiger partial charge in [-0.3, -0.25) is 4.79 Å². The molecule has 0 spiro atoms. The van der Waals surface area contributed by atoms with Crippen molar-refractivity contribution < 1.29 is 23.0 Å². The SMILES string of the molecule is COc1ccc(OC)c(C2CC(=O)C3=C(C2)Nc2ccccc2NC3c2cc(F)ccc2F)c1. The highest BCUT2D eigenvalue weighted by molar-refractivity contribution is 6.01. The first-order valence-electron chi connectivity index (χ1n) is 11.0. The molecule has 3 aromatic carbocycles. The second kappa shape index (κ2) is 8.82. The number of allylic oxidation sites excluding steroid dienone is 1. The largest absolute Gasteiger partial charge is 0.497 e. The van der Waals surface area contributed by atoms with Crippen molar-refractivity contribution in [3.63, 3.8) is 0 Å². The minimum absolute atomic E-state index is 0.0942. The lowest BCUT2D eigenvalue weighted by atomic mass is 9.78. The summed E-state index contributed by atoms with van der Waals surface area (Å²) in [6.07, 6.45) is 0.698. The molecule has 0 radical (unpaired) electrons. The molecule has 1 aliphatic carbocycles. The van der Waals surface area contributed by atoms with Gasteiger partial charge in [0.1, 0.15) is 23.1 Å². The molecule has 0 saturated carbocycles. The van der Waals surface area contributed by atoms with Crippen LogP contribution < -0.4 is 20.1 Å². The molecule has 2 aliphatic rings. The van der Waals surface area contributed by atoms with Gasteiger partial charge in [0.15, 0.2) is 5.78 Å². The Morgan fingerprint density at radius 3 is 2.44 bits per heavy atom. The summed E-state index contributed by atoms with van der Waals surface area (Å²) in [6, 6.07) is 15.5. The molecule has 1 aliphatic heterocycles. The lowest BCUT2D eigenvalue weighted by Gasteiger charge is -2.30. The number of carbonyl (C=O) groups is 1. The van der Waals surface area contributed by atoms with Gasteiger partial charge in [0.05, 0.1) is 31.6 Å². The highest BCUT2D eigenvalue weighted by atomic mass is 19.1. The third kappa shape index (κ3) is 3.87. The lowest BCUT2D eigenvalue weighted by Crippen LogP contribution is -2.27. The van der Waals surface area contributed by atoms with Crippen LogP contribution in [-0.4, -0.2) is 20.0 Å². The Bertz CT molecular complexity index is 1300. The van der Waals surface area contributed by atoms with Crippen molar-refractivity contribution in [1.29, 1.82) is 0 Å². The van der Waals surface area contributed by atoms with Gasteiger partial charge >= 0.3 is 0 Å². The van der Waals surface area contributed by atoms with Gasteiger partial charge in [-0.25, -0.2) is 8.78 Å². The third-order valence-electron chi connectivity index (χ3n) is 6.45. The summed E-state index contributed by atoms with van der Waals surface area (Å²) < 4.78 is 40.0. The standard InChI is InChI=1S/C27H24F2N2O3/c1-33-17-8-10-25(34-2)18(14-17)15-11-23-26(24(32)12-15)27(19-13-16(28)7-9-20(19)29)31-22-6-4-3-5-21(22)30-23/h3-10,13-15,27,30-31H,11-12H2,1-2H3. The molecule has 0 saturated heterocycles. The number of nitrogens with one attached hydrogen (secondary N) is 2. The van der Waals surface area contributed by atoms with Crippen LogP contribution in [0.15, 0.2) is 71.9 Å². The maximum atomic E-state index is 14.9. The third-order valence-corrected chi connectivity index (χ3v) is 6.45. The topological polar surface area (TPSA) is 59.6 Å². The summed E-state index contributed by atoms with van der Waals surface area (Å²) in [7, 11) is 3.18. The van der Waals surface area contributed by atoms with Gasteiger partial charge in [-0.2, -0.15) is 0 Å². The van der Waals surface area contributed by atoms with Crippen molar-refractivity contribution in [2.75, 3.05) is 24.9 Å². The molecular formula is C27H24F2N2O3. The van der Waals surface area contributed by atoms with E-state index in [0.717, 1.165) is 29.4 Å². The van der Waals surface area contributed by atoms with Crippen molar-refractivity contribution in [3.05, 3.63) is 94.7 Å². The predicted molar refractivity (Wildman–Crippen MR) is 126 cm³/mol. The van der Waals surface area contributed by atoms with Gasteiger partial charge in [-0.15, -0.1) is 0 Å². The number of halogens is 2. The number of rotatable bonds is 4. The van der Waals surface area contributed by atoms with Crippen molar-refractivity contribution >= 4 is 17.2 Å². The quantitative estimate of drug-likeness (QED) is 0.501. The van der Waals surface area contributed by atoms with E-state index in [4.69, 9.17) is 9.47 Å². The minimum Gasteiger partial charge on any atom is -0.497 e. The second-order valence-electron chi connectivity index (χ2n) is 8.44. The minimum atomic E-state index is -0.831. The number of hydrogen-bond acceptors (Lipinski definition) is 5. The first-order chi connectivity index (χ1) is 16.5. The average Bonchev–Trinajstić information content (AvgIpc) is 3.01. The van der Waals surface area contributed by atoms with Crippen LogP contribution in [0.3, 0.4) is 0 Å². The number of anilines is 2. The Kier molecular flexibility index (Phi) is 5.69. The highest BCUT2D eigenvalue weighted by Crippen LogP contribution is 2.46.